The predicted molar refractivity (Wildman–Crippen MR) is 85.9 cm³/mol. The van der Waals surface area contributed by atoms with Crippen LogP contribution < -0.4 is 10.5 Å². The lowest BCUT2D eigenvalue weighted by atomic mass is 9.77. The number of nitrogens with two attached hydrogens (primary N) is 1. The molecule has 2 rings (SSSR count). The van der Waals surface area contributed by atoms with Crippen LogP contribution in [0.15, 0.2) is 12.1 Å². The van der Waals surface area contributed by atoms with Crippen LogP contribution in [0.2, 0.25) is 10.0 Å². The van der Waals surface area contributed by atoms with Gasteiger partial charge < -0.3 is 10.5 Å². The molecule has 1 aliphatic rings. The average Bonchev–Trinajstić information content (AvgIpc) is 2.89. The summed E-state index contributed by atoms with van der Waals surface area (Å²) in [6.45, 7) is 0.775. The zero-order chi connectivity index (χ0) is 14.6. The van der Waals surface area contributed by atoms with Crippen LogP contribution in [-0.4, -0.2) is 13.7 Å². The van der Waals surface area contributed by atoms with Crippen molar-refractivity contribution in [2.24, 2.45) is 11.1 Å². The van der Waals surface area contributed by atoms with Crippen molar-refractivity contribution in [1.82, 2.24) is 0 Å². The van der Waals surface area contributed by atoms with E-state index in [0.717, 1.165) is 36.4 Å². The molecular formula is C16H23Cl2NO. The minimum Gasteiger partial charge on any atom is -0.495 e. The van der Waals surface area contributed by atoms with Crippen LogP contribution in [-0.2, 0) is 6.42 Å². The molecule has 0 amide bonds. The summed E-state index contributed by atoms with van der Waals surface area (Å²) in [6.07, 6.45) is 8.48. The first-order chi connectivity index (χ1) is 9.60. The molecule has 20 heavy (non-hydrogen) atoms. The second kappa shape index (κ2) is 7.02. The Kier molecular flexibility index (Phi) is 5.59. The Balaban J connectivity index is 2.08. The molecule has 0 unspecified atom stereocenters. The summed E-state index contributed by atoms with van der Waals surface area (Å²) >= 11 is 12.5. The largest absolute Gasteiger partial charge is 0.495 e. The molecule has 0 radical (unpaired) electrons. The maximum Gasteiger partial charge on any atom is 0.138 e. The molecular weight excluding hydrogens is 293 g/mol. The molecule has 2 nitrogen and oxygen atoms in total. The normalized spacial score (nSPS) is 17.4. The summed E-state index contributed by atoms with van der Waals surface area (Å²) < 4.78 is 5.18. The second-order valence-electron chi connectivity index (χ2n) is 5.82. The Bertz CT molecular complexity index is 456. The molecule has 1 saturated carbocycles. The fraction of sp³-hybridized carbons (Fsp3) is 0.625. The fourth-order valence-electron chi connectivity index (χ4n) is 3.37. The quantitative estimate of drug-likeness (QED) is 0.814. The number of rotatable bonds is 6. The molecule has 112 valence electrons. The first-order valence-corrected chi connectivity index (χ1v) is 8.08. The van der Waals surface area contributed by atoms with Crippen LogP contribution in [0.25, 0.3) is 0 Å². The number of hydrogen-bond acceptors (Lipinski definition) is 2. The lowest BCUT2D eigenvalue weighted by molar-refractivity contribution is 0.253. The van der Waals surface area contributed by atoms with Gasteiger partial charge in [0.2, 0.25) is 0 Å². The molecule has 1 aliphatic carbocycles. The summed E-state index contributed by atoms with van der Waals surface area (Å²) in [5.41, 5.74) is 7.32. The van der Waals surface area contributed by atoms with Crippen molar-refractivity contribution in [3.8, 4) is 5.75 Å². The molecule has 0 atom stereocenters. The molecule has 0 aliphatic heterocycles. The van der Waals surface area contributed by atoms with Crippen molar-refractivity contribution in [3.05, 3.63) is 27.7 Å². The number of hydrogen-bond donors (Lipinski definition) is 1. The third kappa shape index (κ3) is 3.60. The number of ether oxygens (including phenoxy) is 1. The minimum atomic E-state index is 0.421. The monoisotopic (exact) mass is 315 g/mol. The van der Waals surface area contributed by atoms with Gasteiger partial charge in [-0.2, -0.15) is 0 Å². The SMILES string of the molecule is COc1cc(Cl)c(CCC2(CCN)CCCC2)cc1Cl. The first-order valence-electron chi connectivity index (χ1n) is 7.32. The highest BCUT2D eigenvalue weighted by Crippen LogP contribution is 2.45. The van der Waals surface area contributed by atoms with Crippen LogP contribution in [0.4, 0.5) is 0 Å². The van der Waals surface area contributed by atoms with Gasteiger partial charge in [0.25, 0.3) is 0 Å². The van der Waals surface area contributed by atoms with Crippen LogP contribution in [0.5, 0.6) is 5.75 Å². The van der Waals surface area contributed by atoms with E-state index in [-0.39, 0.29) is 0 Å². The molecule has 0 saturated heterocycles. The van der Waals surface area contributed by atoms with Gasteiger partial charge in [-0.1, -0.05) is 36.0 Å². The van der Waals surface area contributed by atoms with E-state index in [1.165, 1.54) is 25.7 Å². The number of halogens is 2. The van der Waals surface area contributed by atoms with Crippen molar-refractivity contribution in [2.75, 3.05) is 13.7 Å². The maximum atomic E-state index is 6.32. The van der Waals surface area contributed by atoms with Gasteiger partial charge in [-0.25, -0.2) is 0 Å². The van der Waals surface area contributed by atoms with Crippen molar-refractivity contribution in [1.29, 1.82) is 0 Å². The van der Waals surface area contributed by atoms with Crippen LogP contribution in [0.3, 0.4) is 0 Å². The van der Waals surface area contributed by atoms with E-state index < -0.39 is 0 Å². The van der Waals surface area contributed by atoms with Crippen LogP contribution >= 0.6 is 23.2 Å². The second-order valence-corrected chi connectivity index (χ2v) is 6.64. The summed E-state index contributed by atoms with van der Waals surface area (Å²) in [7, 11) is 1.60. The molecule has 0 bridgehead atoms. The highest BCUT2D eigenvalue weighted by Gasteiger charge is 2.32. The Morgan fingerprint density at radius 2 is 1.85 bits per heavy atom. The predicted octanol–water partition coefficient (Wildman–Crippen LogP) is 4.84. The highest BCUT2D eigenvalue weighted by atomic mass is 35.5. The third-order valence-electron chi connectivity index (χ3n) is 4.58. The lowest BCUT2D eigenvalue weighted by Gasteiger charge is -2.28. The number of benzene rings is 1. The molecule has 4 heteroatoms. The minimum absolute atomic E-state index is 0.421. The fourth-order valence-corrected chi connectivity index (χ4v) is 3.89. The molecule has 1 aromatic rings. The molecule has 1 fully saturated rings. The summed E-state index contributed by atoms with van der Waals surface area (Å²) in [6, 6.07) is 3.75. The van der Waals surface area contributed by atoms with E-state index in [0.29, 0.717) is 16.2 Å². The van der Waals surface area contributed by atoms with E-state index in [2.05, 4.69) is 0 Å². The first kappa shape index (κ1) is 15.9. The van der Waals surface area contributed by atoms with Crippen LogP contribution in [0.1, 0.15) is 44.1 Å². The standard InChI is InChI=1S/C16H23Cl2NO/c1-20-15-11-13(17)12(10-14(15)18)4-7-16(8-9-19)5-2-3-6-16/h10-11H,2-9,19H2,1H3. The molecule has 2 N–H and O–H groups in total. The zero-order valence-electron chi connectivity index (χ0n) is 12.1. The van der Waals surface area contributed by atoms with Crippen LogP contribution in [0, 0.1) is 5.41 Å². The highest BCUT2D eigenvalue weighted by molar-refractivity contribution is 6.34. The van der Waals surface area contributed by atoms with Gasteiger partial charge in [0.1, 0.15) is 5.75 Å². The number of aryl methyl sites for hydroxylation is 1. The van der Waals surface area contributed by atoms with E-state index in [1.807, 2.05) is 12.1 Å². The van der Waals surface area contributed by atoms with Gasteiger partial charge in [-0.05, 0) is 55.7 Å². The van der Waals surface area contributed by atoms with Gasteiger partial charge >= 0.3 is 0 Å². The lowest BCUT2D eigenvalue weighted by Crippen LogP contribution is -2.21. The summed E-state index contributed by atoms with van der Waals surface area (Å²) in [4.78, 5) is 0. The molecule has 1 aromatic carbocycles. The Morgan fingerprint density at radius 3 is 2.45 bits per heavy atom. The summed E-state index contributed by atoms with van der Waals surface area (Å²) in [5, 5.41) is 1.37. The van der Waals surface area contributed by atoms with Gasteiger partial charge in [0.15, 0.2) is 0 Å². The van der Waals surface area contributed by atoms with E-state index in [1.54, 1.807) is 7.11 Å². The van der Waals surface area contributed by atoms with Gasteiger partial charge in [-0.15, -0.1) is 0 Å². The summed E-state index contributed by atoms with van der Waals surface area (Å²) in [5.74, 6) is 0.637. The van der Waals surface area contributed by atoms with Gasteiger partial charge in [0.05, 0.1) is 12.1 Å². The van der Waals surface area contributed by atoms with E-state index in [4.69, 9.17) is 33.7 Å². The van der Waals surface area contributed by atoms with Crippen molar-refractivity contribution in [3.63, 3.8) is 0 Å². The van der Waals surface area contributed by atoms with Gasteiger partial charge in [0, 0.05) is 11.1 Å². The molecule has 0 aromatic heterocycles. The Morgan fingerprint density at radius 1 is 1.15 bits per heavy atom. The van der Waals surface area contributed by atoms with E-state index in [9.17, 15) is 0 Å². The Labute approximate surface area is 131 Å². The van der Waals surface area contributed by atoms with E-state index >= 15 is 0 Å². The maximum absolute atomic E-state index is 6.32. The average molecular weight is 316 g/mol. The smallest absolute Gasteiger partial charge is 0.138 e. The zero-order valence-corrected chi connectivity index (χ0v) is 13.6. The Hall–Kier alpha value is -0.440. The third-order valence-corrected chi connectivity index (χ3v) is 5.23. The molecule has 0 heterocycles. The van der Waals surface area contributed by atoms with Crippen molar-refractivity contribution in [2.45, 2.75) is 44.9 Å². The topological polar surface area (TPSA) is 35.2 Å². The number of methoxy groups -OCH3 is 1. The van der Waals surface area contributed by atoms with Gasteiger partial charge in [-0.3, -0.25) is 0 Å². The van der Waals surface area contributed by atoms with Crippen molar-refractivity contribution < 1.29 is 4.74 Å². The molecule has 0 spiro atoms. The van der Waals surface area contributed by atoms with Crippen molar-refractivity contribution >= 4 is 23.2 Å².